The van der Waals surface area contributed by atoms with E-state index in [-0.39, 0.29) is 11.9 Å². The van der Waals surface area contributed by atoms with Gasteiger partial charge >= 0.3 is 6.01 Å². The first-order chi connectivity index (χ1) is 13.2. The zero-order valence-electron chi connectivity index (χ0n) is 14.5. The highest BCUT2D eigenvalue weighted by Gasteiger charge is 2.34. The Hall–Kier alpha value is -3.61. The molecule has 0 fully saturated rings. The maximum atomic E-state index is 12.6. The van der Waals surface area contributed by atoms with E-state index in [9.17, 15) is 4.79 Å². The van der Waals surface area contributed by atoms with Crippen LogP contribution in [0.5, 0.6) is 23.3 Å². The molecule has 0 saturated carbocycles. The second kappa shape index (κ2) is 7.33. The van der Waals surface area contributed by atoms with Crippen molar-refractivity contribution in [2.75, 3.05) is 5.32 Å². The Morgan fingerprint density at radius 1 is 0.963 bits per heavy atom. The van der Waals surface area contributed by atoms with Gasteiger partial charge in [-0.05, 0) is 49.4 Å². The van der Waals surface area contributed by atoms with Gasteiger partial charge in [0.25, 0.3) is 5.91 Å². The summed E-state index contributed by atoms with van der Waals surface area (Å²) in [5.74, 6) is 1.48. The number of fused-ring (bicyclic) bond motifs is 1. The van der Waals surface area contributed by atoms with Crippen molar-refractivity contribution in [3.63, 3.8) is 0 Å². The standard InChI is InChI=1S/C20H17N3O4/c1-13-18(27-17-6-3-2-5-16(17)25-13)19(24)23-14-7-9-15(10-8-14)26-20-21-11-4-12-22-20/h2-13,18H,1H3,(H,23,24)/t13-,18+/m1/s1. The molecule has 2 heterocycles. The van der Waals surface area contributed by atoms with E-state index in [1.54, 1.807) is 55.7 Å². The molecule has 0 unspecified atom stereocenters. The summed E-state index contributed by atoms with van der Waals surface area (Å²) in [6, 6.07) is 16.2. The zero-order chi connectivity index (χ0) is 18.6. The summed E-state index contributed by atoms with van der Waals surface area (Å²) < 4.78 is 17.1. The lowest BCUT2D eigenvalue weighted by atomic mass is 10.1. The van der Waals surface area contributed by atoms with Crippen molar-refractivity contribution in [1.82, 2.24) is 9.97 Å². The molecule has 136 valence electrons. The van der Waals surface area contributed by atoms with E-state index < -0.39 is 12.2 Å². The van der Waals surface area contributed by atoms with Crippen LogP contribution in [-0.4, -0.2) is 28.1 Å². The number of anilines is 1. The summed E-state index contributed by atoms with van der Waals surface area (Å²) >= 11 is 0. The van der Waals surface area contributed by atoms with E-state index in [1.807, 2.05) is 18.2 Å². The van der Waals surface area contributed by atoms with Gasteiger partial charge in [0.15, 0.2) is 11.5 Å². The SMILES string of the molecule is C[C@H]1Oc2ccccc2O[C@@H]1C(=O)Nc1ccc(Oc2ncccn2)cc1. The first-order valence-electron chi connectivity index (χ1n) is 8.47. The third kappa shape index (κ3) is 3.82. The van der Waals surface area contributed by atoms with Crippen molar-refractivity contribution in [3.8, 4) is 23.3 Å². The molecule has 4 rings (SSSR count). The van der Waals surface area contributed by atoms with Crippen LogP contribution in [0.2, 0.25) is 0 Å². The number of para-hydroxylation sites is 2. The van der Waals surface area contributed by atoms with E-state index in [0.717, 1.165) is 0 Å². The summed E-state index contributed by atoms with van der Waals surface area (Å²) in [6.07, 6.45) is 2.05. The normalized spacial score (nSPS) is 17.8. The first kappa shape index (κ1) is 16.8. The summed E-state index contributed by atoms with van der Waals surface area (Å²) in [4.78, 5) is 20.6. The van der Waals surface area contributed by atoms with E-state index in [4.69, 9.17) is 14.2 Å². The Labute approximate surface area is 155 Å². The second-order valence-corrected chi connectivity index (χ2v) is 5.96. The smallest absolute Gasteiger partial charge is 0.321 e. The molecule has 0 saturated heterocycles. The number of aromatic nitrogens is 2. The Bertz CT molecular complexity index is 931. The average molecular weight is 363 g/mol. The predicted octanol–water partition coefficient (Wildman–Crippen LogP) is 3.44. The van der Waals surface area contributed by atoms with Crippen LogP contribution in [0.15, 0.2) is 67.0 Å². The monoisotopic (exact) mass is 363 g/mol. The van der Waals surface area contributed by atoms with Gasteiger partial charge < -0.3 is 19.5 Å². The fourth-order valence-electron chi connectivity index (χ4n) is 2.67. The largest absolute Gasteiger partial charge is 0.482 e. The molecule has 0 spiro atoms. The van der Waals surface area contributed by atoms with Crippen molar-refractivity contribution >= 4 is 11.6 Å². The fourth-order valence-corrected chi connectivity index (χ4v) is 2.67. The molecule has 2 aromatic carbocycles. The Morgan fingerprint density at radius 2 is 1.63 bits per heavy atom. The first-order valence-corrected chi connectivity index (χ1v) is 8.47. The van der Waals surface area contributed by atoms with E-state index in [1.165, 1.54) is 0 Å². The van der Waals surface area contributed by atoms with Crippen LogP contribution in [0, 0.1) is 0 Å². The van der Waals surface area contributed by atoms with Crippen molar-refractivity contribution < 1.29 is 19.0 Å². The predicted molar refractivity (Wildman–Crippen MR) is 98.1 cm³/mol. The van der Waals surface area contributed by atoms with Gasteiger partial charge in [-0.1, -0.05) is 12.1 Å². The molecule has 27 heavy (non-hydrogen) atoms. The zero-order valence-corrected chi connectivity index (χ0v) is 14.5. The van der Waals surface area contributed by atoms with Gasteiger partial charge in [-0.3, -0.25) is 4.79 Å². The van der Waals surface area contributed by atoms with Crippen LogP contribution in [0.4, 0.5) is 5.69 Å². The minimum absolute atomic E-state index is 0.259. The summed E-state index contributed by atoms with van der Waals surface area (Å²) in [5, 5.41) is 2.83. The number of hydrogen-bond acceptors (Lipinski definition) is 6. The number of carbonyl (C=O) groups is 1. The number of benzene rings is 2. The number of nitrogens with zero attached hydrogens (tertiary/aromatic N) is 2. The van der Waals surface area contributed by atoms with Gasteiger partial charge in [-0.25, -0.2) is 9.97 Å². The van der Waals surface area contributed by atoms with Crippen LogP contribution >= 0.6 is 0 Å². The molecule has 0 bridgehead atoms. The number of rotatable bonds is 4. The molecule has 0 radical (unpaired) electrons. The van der Waals surface area contributed by atoms with Crippen LogP contribution in [0.25, 0.3) is 0 Å². The van der Waals surface area contributed by atoms with E-state index in [2.05, 4.69) is 15.3 Å². The topological polar surface area (TPSA) is 82.6 Å². The van der Waals surface area contributed by atoms with Crippen LogP contribution in [0.3, 0.4) is 0 Å². The van der Waals surface area contributed by atoms with Crippen molar-refractivity contribution in [3.05, 3.63) is 67.0 Å². The van der Waals surface area contributed by atoms with Crippen LogP contribution < -0.4 is 19.5 Å². The van der Waals surface area contributed by atoms with Crippen molar-refractivity contribution in [2.45, 2.75) is 19.1 Å². The van der Waals surface area contributed by atoms with Gasteiger partial charge in [-0.2, -0.15) is 0 Å². The number of ether oxygens (including phenoxy) is 3. The molecule has 3 aromatic rings. The molecule has 1 N–H and O–H groups in total. The molecule has 0 aliphatic carbocycles. The van der Waals surface area contributed by atoms with Gasteiger partial charge in [0.2, 0.25) is 6.10 Å². The highest BCUT2D eigenvalue weighted by molar-refractivity contribution is 5.95. The fraction of sp³-hybridized carbons (Fsp3) is 0.150. The highest BCUT2D eigenvalue weighted by atomic mass is 16.6. The Balaban J connectivity index is 1.41. The summed E-state index contributed by atoms with van der Waals surface area (Å²) in [5.41, 5.74) is 0.621. The molecule has 1 amide bonds. The number of hydrogen-bond donors (Lipinski definition) is 1. The lowest BCUT2D eigenvalue weighted by molar-refractivity contribution is -0.128. The lowest BCUT2D eigenvalue weighted by Crippen LogP contribution is -2.46. The maximum Gasteiger partial charge on any atom is 0.321 e. The third-order valence-corrected chi connectivity index (χ3v) is 3.97. The molecular weight excluding hydrogens is 346 g/mol. The van der Waals surface area contributed by atoms with Crippen LogP contribution in [0.1, 0.15) is 6.92 Å². The summed E-state index contributed by atoms with van der Waals surface area (Å²) in [7, 11) is 0. The molecule has 1 aromatic heterocycles. The number of amides is 1. The average Bonchev–Trinajstić information content (AvgIpc) is 2.69. The number of carbonyl (C=O) groups excluding carboxylic acids is 1. The van der Waals surface area contributed by atoms with Gasteiger partial charge in [0.1, 0.15) is 11.9 Å². The molecule has 2 atom stereocenters. The van der Waals surface area contributed by atoms with Gasteiger partial charge in [0.05, 0.1) is 0 Å². The minimum Gasteiger partial charge on any atom is -0.482 e. The third-order valence-electron chi connectivity index (χ3n) is 3.97. The van der Waals surface area contributed by atoms with E-state index in [0.29, 0.717) is 22.9 Å². The summed E-state index contributed by atoms with van der Waals surface area (Å²) in [6.45, 7) is 1.80. The molecule has 1 aliphatic rings. The molecule has 1 aliphatic heterocycles. The molecule has 7 heteroatoms. The lowest BCUT2D eigenvalue weighted by Gasteiger charge is -2.31. The van der Waals surface area contributed by atoms with Gasteiger partial charge in [-0.15, -0.1) is 0 Å². The second-order valence-electron chi connectivity index (χ2n) is 5.96. The van der Waals surface area contributed by atoms with Crippen molar-refractivity contribution in [2.24, 2.45) is 0 Å². The molecule has 7 nitrogen and oxygen atoms in total. The minimum atomic E-state index is -0.742. The number of nitrogens with one attached hydrogen (secondary N) is 1. The Morgan fingerprint density at radius 3 is 2.33 bits per heavy atom. The van der Waals surface area contributed by atoms with E-state index >= 15 is 0 Å². The van der Waals surface area contributed by atoms with Gasteiger partial charge in [0, 0.05) is 18.1 Å². The van der Waals surface area contributed by atoms with Crippen molar-refractivity contribution in [1.29, 1.82) is 0 Å². The quantitative estimate of drug-likeness (QED) is 0.765. The highest BCUT2D eigenvalue weighted by Crippen LogP contribution is 2.33. The maximum absolute atomic E-state index is 12.6. The molecular formula is C20H17N3O4. The van der Waals surface area contributed by atoms with Crippen LogP contribution in [-0.2, 0) is 4.79 Å². The Kier molecular flexibility index (Phi) is 4.57.